The normalized spacial score (nSPS) is 14.4. The average molecular weight is 406 g/mol. The maximum absolute atomic E-state index is 14.9. The number of carbonyl (C=O) groups excluding carboxylic acids is 1. The topological polar surface area (TPSA) is 64.9 Å². The van der Waals surface area contributed by atoms with Crippen molar-refractivity contribution in [1.82, 2.24) is 5.32 Å². The van der Waals surface area contributed by atoms with Crippen LogP contribution in [0.4, 0.5) is 10.1 Å². The van der Waals surface area contributed by atoms with Gasteiger partial charge in [-0.25, -0.2) is 4.39 Å². The predicted molar refractivity (Wildman–Crippen MR) is 119 cm³/mol. The Morgan fingerprint density at radius 1 is 1.17 bits per heavy atom. The van der Waals surface area contributed by atoms with Crippen molar-refractivity contribution in [2.75, 3.05) is 11.9 Å². The van der Waals surface area contributed by atoms with Crippen molar-refractivity contribution in [3.8, 4) is 17.2 Å². The van der Waals surface area contributed by atoms with Crippen LogP contribution in [-0.2, 0) is 4.79 Å². The minimum absolute atomic E-state index is 0.0220. The van der Waals surface area contributed by atoms with E-state index in [-0.39, 0.29) is 18.3 Å². The molecule has 0 radical (unpaired) electrons. The molecule has 30 heavy (non-hydrogen) atoms. The largest absolute Gasteiger partial charge is 0.382 e. The summed E-state index contributed by atoms with van der Waals surface area (Å²) in [4.78, 5) is 12.0. The second-order valence-corrected chi connectivity index (χ2v) is 8.01. The van der Waals surface area contributed by atoms with E-state index < -0.39 is 0 Å². The van der Waals surface area contributed by atoms with Crippen molar-refractivity contribution in [3.63, 3.8) is 0 Å². The van der Waals surface area contributed by atoms with Crippen molar-refractivity contribution < 1.29 is 9.18 Å². The lowest BCUT2D eigenvalue weighted by atomic mass is 9.93. The van der Waals surface area contributed by atoms with Crippen LogP contribution in [0.15, 0.2) is 35.9 Å². The molecule has 0 spiro atoms. The molecule has 0 atom stereocenters. The number of rotatable bonds is 6. The van der Waals surface area contributed by atoms with Crippen LogP contribution in [0.1, 0.15) is 49.3 Å². The third kappa shape index (κ3) is 5.07. The SMILES string of the molecule is C/C(=C\c1cc(C)c(-c2ccc(NC3CCCC3)cc2F)cc1C)C(=O)NCC#N. The third-order valence-corrected chi connectivity index (χ3v) is 5.66. The van der Waals surface area contributed by atoms with Gasteiger partial charge in [-0.05, 0) is 80.1 Å². The van der Waals surface area contributed by atoms with Crippen LogP contribution < -0.4 is 10.6 Å². The molecule has 156 valence electrons. The van der Waals surface area contributed by atoms with Crippen LogP contribution >= 0.6 is 0 Å². The summed E-state index contributed by atoms with van der Waals surface area (Å²) in [5, 5.41) is 14.6. The number of amides is 1. The Morgan fingerprint density at radius 3 is 2.57 bits per heavy atom. The molecule has 1 amide bonds. The summed E-state index contributed by atoms with van der Waals surface area (Å²) in [6.07, 6.45) is 6.55. The number of hydrogen-bond acceptors (Lipinski definition) is 3. The maximum Gasteiger partial charge on any atom is 0.247 e. The molecular weight excluding hydrogens is 377 g/mol. The maximum atomic E-state index is 14.9. The molecule has 0 bridgehead atoms. The van der Waals surface area contributed by atoms with E-state index in [1.165, 1.54) is 12.8 Å². The van der Waals surface area contributed by atoms with E-state index in [9.17, 15) is 9.18 Å². The fraction of sp³-hybridized carbons (Fsp3) is 0.360. The number of aryl methyl sites for hydroxylation is 2. The quantitative estimate of drug-likeness (QED) is 0.492. The lowest BCUT2D eigenvalue weighted by molar-refractivity contribution is -0.117. The monoisotopic (exact) mass is 405 g/mol. The van der Waals surface area contributed by atoms with Crippen molar-refractivity contribution in [3.05, 3.63) is 58.4 Å². The Morgan fingerprint density at radius 2 is 1.90 bits per heavy atom. The van der Waals surface area contributed by atoms with E-state index in [1.54, 1.807) is 19.1 Å². The summed E-state index contributed by atoms with van der Waals surface area (Å²) in [6, 6.07) is 11.6. The van der Waals surface area contributed by atoms with Gasteiger partial charge in [-0.15, -0.1) is 0 Å². The average Bonchev–Trinajstić information content (AvgIpc) is 3.22. The van der Waals surface area contributed by atoms with Crippen LogP contribution in [0.3, 0.4) is 0 Å². The van der Waals surface area contributed by atoms with Crippen LogP contribution in [-0.4, -0.2) is 18.5 Å². The third-order valence-electron chi connectivity index (χ3n) is 5.66. The summed E-state index contributed by atoms with van der Waals surface area (Å²) < 4.78 is 14.9. The zero-order valence-corrected chi connectivity index (χ0v) is 17.8. The first kappa shape index (κ1) is 21.6. The molecule has 2 aromatic carbocycles. The zero-order valence-electron chi connectivity index (χ0n) is 17.8. The number of nitriles is 1. The molecule has 2 N–H and O–H groups in total. The Bertz CT molecular complexity index is 1010. The van der Waals surface area contributed by atoms with Gasteiger partial charge < -0.3 is 10.6 Å². The fourth-order valence-corrected chi connectivity index (χ4v) is 3.97. The van der Waals surface area contributed by atoms with E-state index in [2.05, 4.69) is 10.6 Å². The van der Waals surface area contributed by atoms with Crippen LogP contribution in [0, 0.1) is 31.0 Å². The Labute approximate surface area is 177 Å². The predicted octanol–water partition coefficient (Wildman–Crippen LogP) is 5.51. The van der Waals surface area contributed by atoms with Crippen molar-refractivity contribution in [2.45, 2.75) is 52.5 Å². The molecule has 1 aliphatic carbocycles. The summed E-state index contributed by atoms with van der Waals surface area (Å²) in [6.45, 7) is 5.58. The Kier molecular flexibility index (Phi) is 6.89. The molecule has 1 saturated carbocycles. The van der Waals surface area contributed by atoms with Gasteiger partial charge in [0.25, 0.3) is 0 Å². The standard InChI is InChI=1S/C25H28FN3O/c1-16-14-23(17(2)12-19(16)13-18(3)25(30)28-11-10-27)22-9-8-21(15-24(22)26)29-20-6-4-5-7-20/h8-9,12-15,20,29H,4-7,11H2,1-3H3,(H,28,30)/b18-13+. The first-order chi connectivity index (χ1) is 14.4. The Balaban J connectivity index is 1.84. The molecule has 0 aromatic heterocycles. The molecular formula is C25H28FN3O. The highest BCUT2D eigenvalue weighted by Gasteiger charge is 2.16. The number of halogens is 1. The summed E-state index contributed by atoms with van der Waals surface area (Å²) in [7, 11) is 0. The summed E-state index contributed by atoms with van der Waals surface area (Å²) in [5.74, 6) is -0.509. The first-order valence-electron chi connectivity index (χ1n) is 10.4. The van der Waals surface area contributed by atoms with E-state index in [4.69, 9.17) is 5.26 Å². The summed E-state index contributed by atoms with van der Waals surface area (Å²) >= 11 is 0. The highest BCUT2D eigenvalue weighted by Crippen LogP contribution is 2.32. The summed E-state index contributed by atoms with van der Waals surface area (Å²) in [5.41, 5.74) is 5.57. The minimum atomic E-state index is -0.269. The second kappa shape index (κ2) is 9.58. The molecule has 3 rings (SSSR count). The highest BCUT2D eigenvalue weighted by atomic mass is 19.1. The number of benzene rings is 2. The molecule has 0 heterocycles. The number of nitrogens with one attached hydrogen (secondary N) is 2. The van der Waals surface area contributed by atoms with Gasteiger partial charge in [-0.3, -0.25) is 4.79 Å². The number of nitrogens with zero attached hydrogens (tertiary/aromatic N) is 1. The first-order valence-corrected chi connectivity index (χ1v) is 10.4. The molecule has 1 fully saturated rings. The number of carbonyl (C=O) groups is 1. The van der Waals surface area contributed by atoms with Gasteiger partial charge in [-0.2, -0.15) is 5.26 Å². The second-order valence-electron chi connectivity index (χ2n) is 8.01. The smallest absolute Gasteiger partial charge is 0.247 e. The zero-order chi connectivity index (χ0) is 21.7. The van der Waals surface area contributed by atoms with Gasteiger partial charge in [0, 0.05) is 22.9 Å². The molecule has 0 aliphatic heterocycles. The van der Waals surface area contributed by atoms with Crippen LogP contribution in [0.25, 0.3) is 17.2 Å². The van der Waals surface area contributed by atoms with E-state index in [0.29, 0.717) is 17.2 Å². The Hall–Kier alpha value is -3.13. The molecule has 5 heteroatoms. The highest BCUT2D eigenvalue weighted by molar-refractivity contribution is 5.97. The van der Waals surface area contributed by atoms with Crippen LogP contribution in [0.2, 0.25) is 0 Å². The van der Waals surface area contributed by atoms with Gasteiger partial charge in [0.15, 0.2) is 0 Å². The molecule has 0 saturated heterocycles. The van der Waals surface area contributed by atoms with Gasteiger partial charge in [0.2, 0.25) is 5.91 Å². The lowest BCUT2D eigenvalue weighted by Gasteiger charge is -2.16. The van der Waals surface area contributed by atoms with Gasteiger partial charge >= 0.3 is 0 Å². The van der Waals surface area contributed by atoms with Crippen LogP contribution in [0.5, 0.6) is 0 Å². The van der Waals surface area contributed by atoms with Gasteiger partial charge in [-0.1, -0.05) is 25.0 Å². The van der Waals surface area contributed by atoms with Gasteiger partial charge in [0.1, 0.15) is 12.4 Å². The number of hydrogen-bond donors (Lipinski definition) is 2. The molecule has 2 aromatic rings. The van der Waals surface area contributed by atoms with E-state index in [0.717, 1.165) is 40.8 Å². The molecule has 1 aliphatic rings. The van der Waals surface area contributed by atoms with Crippen molar-refractivity contribution >= 4 is 17.7 Å². The van der Waals surface area contributed by atoms with Crippen molar-refractivity contribution in [1.29, 1.82) is 5.26 Å². The van der Waals surface area contributed by atoms with Crippen molar-refractivity contribution in [2.24, 2.45) is 0 Å². The van der Waals surface area contributed by atoms with E-state index >= 15 is 0 Å². The fourth-order valence-electron chi connectivity index (χ4n) is 3.97. The molecule has 4 nitrogen and oxygen atoms in total. The number of anilines is 1. The lowest BCUT2D eigenvalue weighted by Crippen LogP contribution is -2.24. The minimum Gasteiger partial charge on any atom is -0.382 e. The molecule has 0 unspecified atom stereocenters. The van der Waals surface area contributed by atoms with E-state index in [1.807, 2.05) is 44.2 Å². The van der Waals surface area contributed by atoms with Gasteiger partial charge in [0.05, 0.1) is 6.07 Å².